The molecule has 34 heavy (non-hydrogen) atoms. The van der Waals surface area contributed by atoms with Gasteiger partial charge in [0.15, 0.2) is 11.5 Å². The molecule has 0 radical (unpaired) electrons. The lowest BCUT2D eigenvalue weighted by atomic mass is 9.48. The molecule has 1 amide bonds. The number of piperidine rings is 1. The van der Waals surface area contributed by atoms with E-state index in [1.807, 2.05) is 6.07 Å². The highest BCUT2D eigenvalue weighted by Crippen LogP contribution is 2.65. The summed E-state index contributed by atoms with van der Waals surface area (Å²) >= 11 is 0. The number of amides is 1. The number of aromatic hydroxyl groups is 1. The van der Waals surface area contributed by atoms with Gasteiger partial charge in [0.1, 0.15) is 6.10 Å². The van der Waals surface area contributed by atoms with Gasteiger partial charge >= 0.3 is 0 Å². The number of carbonyl (C=O) groups is 1. The molecule has 7 rings (SSSR count). The fourth-order valence-corrected chi connectivity index (χ4v) is 7.40. The Labute approximate surface area is 198 Å². The van der Waals surface area contributed by atoms with Gasteiger partial charge in [0.25, 0.3) is 0 Å². The van der Waals surface area contributed by atoms with Crippen LogP contribution in [0.25, 0.3) is 6.08 Å². The second-order valence-corrected chi connectivity index (χ2v) is 10.8. The Hall–Kier alpha value is -2.77. The molecule has 178 valence electrons. The Morgan fingerprint density at radius 2 is 2.12 bits per heavy atom. The number of phenolic OH excluding ortho intramolecular Hbond substituents is 1. The largest absolute Gasteiger partial charge is 0.504 e. The molecule has 3 fully saturated rings. The van der Waals surface area contributed by atoms with Crippen LogP contribution in [0.2, 0.25) is 0 Å². The number of carbonyl (C=O) groups excluding carboxylic acids is 1. The van der Waals surface area contributed by atoms with Crippen LogP contribution in [0.5, 0.6) is 11.5 Å². The number of phenols is 1. The van der Waals surface area contributed by atoms with Gasteiger partial charge in [-0.2, -0.15) is 0 Å². The smallest absolute Gasteiger partial charge is 0.244 e. The van der Waals surface area contributed by atoms with Crippen molar-refractivity contribution in [3.8, 4) is 11.5 Å². The van der Waals surface area contributed by atoms with Gasteiger partial charge in [-0.05, 0) is 74.8 Å². The van der Waals surface area contributed by atoms with Crippen LogP contribution in [-0.4, -0.2) is 57.9 Å². The van der Waals surface area contributed by atoms with Crippen LogP contribution in [0.4, 0.5) is 0 Å². The van der Waals surface area contributed by atoms with Crippen LogP contribution in [0.15, 0.2) is 41.2 Å². The van der Waals surface area contributed by atoms with Crippen LogP contribution in [-0.2, 0) is 16.6 Å². The van der Waals surface area contributed by atoms with Crippen molar-refractivity contribution in [2.75, 3.05) is 13.1 Å². The van der Waals surface area contributed by atoms with Crippen LogP contribution in [0.1, 0.15) is 48.8 Å². The Balaban J connectivity index is 1.25. The van der Waals surface area contributed by atoms with E-state index in [9.17, 15) is 15.0 Å². The monoisotopic (exact) mass is 462 g/mol. The maximum Gasteiger partial charge on any atom is 0.244 e. The maximum atomic E-state index is 12.8. The van der Waals surface area contributed by atoms with Crippen molar-refractivity contribution in [3.05, 3.63) is 53.5 Å². The van der Waals surface area contributed by atoms with E-state index < -0.39 is 17.1 Å². The minimum Gasteiger partial charge on any atom is -0.504 e. The average molecular weight is 463 g/mol. The number of rotatable bonds is 5. The Morgan fingerprint density at radius 3 is 2.91 bits per heavy atom. The maximum absolute atomic E-state index is 12.8. The van der Waals surface area contributed by atoms with E-state index >= 15 is 0 Å². The van der Waals surface area contributed by atoms with Crippen molar-refractivity contribution in [1.29, 1.82) is 0 Å². The molecular formula is C27H30N2O5. The van der Waals surface area contributed by atoms with Crippen molar-refractivity contribution in [1.82, 2.24) is 10.2 Å². The van der Waals surface area contributed by atoms with Crippen molar-refractivity contribution < 1.29 is 24.2 Å². The first-order chi connectivity index (χ1) is 16.5. The normalized spacial score (nSPS) is 35.7. The zero-order valence-corrected chi connectivity index (χ0v) is 19.1. The lowest BCUT2D eigenvalue weighted by Crippen LogP contribution is -2.78. The first kappa shape index (κ1) is 20.6. The summed E-state index contributed by atoms with van der Waals surface area (Å²) in [4.78, 5) is 15.3. The molecule has 7 nitrogen and oxygen atoms in total. The third-order valence-corrected chi connectivity index (χ3v) is 9.06. The van der Waals surface area contributed by atoms with E-state index in [1.54, 1.807) is 30.7 Å². The number of likely N-dealkylation sites (tertiary alicyclic amines) is 1. The quantitative estimate of drug-likeness (QED) is 0.592. The summed E-state index contributed by atoms with van der Waals surface area (Å²) in [6, 6.07) is 5.30. The van der Waals surface area contributed by atoms with E-state index in [0.717, 1.165) is 48.5 Å². The summed E-state index contributed by atoms with van der Waals surface area (Å²) in [7, 11) is 0. The molecule has 3 N–H and O–H groups in total. The SMILES string of the molecule is O=C(/C=C/c1ccoc1)N[C@H]1CC[C@@]2(O)[C@H]3Cc4ccc(O)c5c4C2(CCN3CC2CC2)[C@H]1O5. The average Bonchev–Trinajstić information content (AvgIpc) is 3.33. The van der Waals surface area contributed by atoms with E-state index in [-0.39, 0.29) is 23.7 Å². The van der Waals surface area contributed by atoms with Crippen LogP contribution in [0, 0.1) is 5.92 Å². The second-order valence-electron chi connectivity index (χ2n) is 10.8. The van der Waals surface area contributed by atoms with Crippen molar-refractivity contribution in [3.63, 3.8) is 0 Å². The number of furan rings is 1. The Kier molecular flexibility index (Phi) is 4.31. The molecule has 1 saturated heterocycles. The summed E-state index contributed by atoms with van der Waals surface area (Å²) < 4.78 is 11.5. The molecule has 1 aromatic carbocycles. The van der Waals surface area contributed by atoms with Gasteiger partial charge in [0, 0.05) is 29.8 Å². The first-order valence-electron chi connectivity index (χ1n) is 12.5. The summed E-state index contributed by atoms with van der Waals surface area (Å²) in [5, 5.41) is 26.3. The van der Waals surface area contributed by atoms with Gasteiger partial charge in [0.2, 0.25) is 5.91 Å². The van der Waals surface area contributed by atoms with E-state index in [2.05, 4.69) is 10.2 Å². The van der Waals surface area contributed by atoms with E-state index in [4.69, 9.17) is 9.15 Å². The first-order valence-corrected chi connectivity index (χ1v) is 12.5. The lowest BCUT2D eigenvalue weighted by Gasteiger charge is -2.64. The summed E-state index contributed by atoms with van der Waals surface area (Å²) in [6.07, 6.45) is 11.3. The number of hydrogen-bond donors (Lipinski definition) is 3. The molecular weight excluding hydrogens is 432 g/mol. The highest BCUT2D eigenvalue weighted by atomic mass is 16.5. The summed E-state index contributed by atoms with van der Waals surface area (Å²) in [5.74, 6) is 1.18. The van der Waals surface area contributed by atoms with Gasteiger partial charge in [-0.25, -0.2) is 0 Å². The fraction of sp³-hybridized carbons (Fsp3) is 0.519. The molecule has 1 aromatic heterocycles. The van der Waals surface area contributed by atoms with E-state index in [1.165, 1.54) is 18.9 Å². The van der Waals surface area contributed by atoms with Crippen LogP contribution < -0.4 is 10.1 Å². The van der Waals surface area contributed by atoms with Gasteiger partial charge < -0.3 is 24.7 Å². The van der Waals surface area contributed by atoms with Crippen LogP contribution >= 0.6 is 0 Å². The minimum atomic E-state index is -0.940. The van der Waals surface area contributed by atoms with Crippen molar-refractivity contribution >= 4 is 12.0 Å². The molecule has 2 aromatic rings. The highest BCUT2D eigenvalue weighted by molar-refractivity contribution is 5.92. The van der Waals surface area contributed by atoms with Gasteiger partial charge in [-0.1, -0.05) is 6.07 Å². The topological polar surface area (TPSA) is 95.2 Å². The van der Waals surface area contributed by atoms with Gasteiger partial charge in [0.05, 0.1) is 29.6 Å². The van der Waals surface area contributed by atoms with Gasteiger partial charge in [-0.15, -0.1) is 0 Å². The predicted octanol–water partition coefficient (Wildman–Crippen LogP) is 2.75. The molecule has 2 bridgehead atoms. The number of nitrogens with zero attached hydrogens (tertiary/aromatic N) is 1. The summed E-state index contributed by atoms with van der Waals surface area (Å²) in [5.41, 5.74) is 1.41. The number of benzene rings is 1. The predicted molar refractivity (Wildman–Crippen MR) is 124 cm³/mol. The third kappa shape index (κ3) is 2.74. The molecule has 3 aliphatic carbocycles. The Bertz CT molecular complexity index is 1170. The highest BCUT2D eigenvalue weighted by Gasteiger charge is 2.73. The zero-order valence-electron chi connectivity index (χ0n) is 19.1. The standard InChI is InChI=1S/C27H30N2O5/c30-20-5-4-18-13-21-27(32)9-7-19(28-22(31)6-3-17-8-12-33-15-17)25-26(27,23(18)24(20)34-25)10-11-29(21)14-16-1-2-16/h3-6,8,12,15-16,19,21,25,30,32H,1-2,7,9-11,13-14H2,(H,28,31)/b6-3+/t19-,21+,25-,26?,27+/m0/s1. The Morgan fingerprint density at radius 1 is 1.24 bits per heavy atom. The number of nitrogens with one attached hydrogen (secondary N) is 1. The van der Waals surface area contributed by atoms with Crippen molar-refractivity contribution in [2.45, 2.75) is 67.7 Å². The molecule has 5 atom stereocenters. The number of hydrogen-bond acceptors (Lipinski definition) is 6. The lowest BCUT2D eigenvalue weighted by molar-refractivity contribution is -0.192. The van der Waals surface area contributed by atoms with Crippen molar-refractivity contribution in [2.24, 2.45) is 5.92 Å². The second kappa shape index (κ2) is 7.12. The zero-order chi connectivity index (χ0) is 23.1. The van der Waals surface area contributed by atoms with Gasteiger partial charge in [-0.3, -0.25) is 9.69 Å². The molecule has 1 spiro atoms. The third-order valence-electron chi connectivity index (χ3n) is 9.06. The molecule has 2 saturated carbocycles. The molecule has 2 aliphatic heterocycles. The van der Waals surface area contributed by atoms with Crippen LogP contribution in [0.3, 0.4) is 0 Å². The molecule has 7 heteroatoms. The molecule has 1 unspecified atom stereocenters. The minimum absolute atomic E-state index is 0.0357. The molecule has 3 heterocycles. The fourth-order valence-electron chi connectivity index (χ4n) is 7.40. The summed E-state index contributed by atoms with van der Waals surface area (Å²) in [6.45, 7) is 1.95. The number of aliphatic hydroxyl groups is 1. The molecule has 5 aliphatic rings. The van der Waals surface area contributed by atoms with E-state index in [0.29, 0.717) is 18.6 Å². The number of ether oxygens (including phenoxy) is 1.